The minimum Gasteiger partial charge on any atom is -0.312 e. The molecule has 0 aromatic carbocycles. The molecule has 0 radical (unpaired) electrons. The summed E-state index contributed by atoms with van der Waals surface area (Å²) in [5.41, 5.74) is 0. The Morgan fingerprint density at radius 2 is 2.11 bits per heavy atom. The molecule has 2 atom stereocenters. The highest BCUT2D eigenvalue weighted by atomic mass is 32.2. The lowest BCUT2D eigenvalue weighted by molar-refractivity contribution is 0.206. The summed E-state index contributed by atoms with van der Waals surface area (Å²) >= 11 is 4.07. The maximum atomic E-state index is 3.39. The molecule has 18 heavy (non-hydrogen) atoms. The van der Waals surface area contributed by atoms with Gasteiger partial charge in [-0.15, -0.1) is 11.3 Å². The van der Waals surface area contributed by atoms with Crippen molar-refractivity contribution in [2.45, 2.75) is 45.2 Å². The molecule has 0 saturated carbocycles. The van der Waals surface area contributed by atoms with Gasteiger partial charge in [-0.25, -0.2) is 0 Å². The molecule has 1 aliphatic heterocycles. The number of thioether (sulfide) groups is 1. The van der Waals surface area contributed by atoms with Crippen LogP contribution in [0.4, 0.5) is 0 Å². The molecular formula is C14H24N2S2. The average molecular weight is 284 g/mol. The van der Waals surface area contributed by atoms with Crippen molar-refractivity contribution >= 4 is 23.1 Å². The highest BCUT2D eigenvalue weighted by Gasteiger charge is 2.25. The zero-order valence-corrected chi connectivity index (χ0v) is 13.2. The molecule has 1 aromatic rings. The standard InChI is InChI=1S/C14H24N2S2/c1-4-15-9-13-5-6-14(18-13)10-16-7-8-17-12(3)11(16)2/h5-6,11-12,15H,4,7-10H2,1-3H3. The van der Waals surface area contributed by atoms with Crippen LogP contribution in [0.1, 0.15) is 30.5 Å². The molecule has 2 heterocycles. The molecule has 1 N–H and O–H groups in total. The van der Waals surface area contributed by atoms with E-state index in [1.54, 1.807) is 0 Å². The second-order valence-corrected chi connectivity index (χ2v) is 7.67. The summed E-state index contributed by atoms with van der Waals surface area (Å²) in [6.07, 6.45) is 0. The fourth-order valence-electron chi connectivity index (χ4n) is 2.27. The van der Waals surface area contributed by atoms with Crippen LogP contribution in [-0.4, -0.2) is 35.0 Å². The first kappa shape index (κ1) is 14.4. The molecule has 0 spiro atoms. The predicted octanol–water partition coefficient (Wildman–Crippen LogP) is 3.18. The summed E-state index contributed by atoms with van der Waals surface area (Å²) in [4.78, 5) is 5.59. The third-order valence-corrected chi connectivity index (χ3v) is 6.05. The van der Waals surface area contributed by atoms with Crippen molar-refractivity contribution in [1.29, 1.82) is 0 Å². The molecular weight excluding hydrogens is 260 g/mol. The zero-order chi connectivity index (χ0) is 13.0. The van der Waals surface area contributed by atoms with Crippen molar-refractivity contribution in [2.24, 2.45) is 0 Å². The lowest BCUT2D eigenvalue weighted by Gasteiger charge is -2.37. The van der Waals surface area contributed by atoms with Crippen molar-refractivity contribution in [3.63, 3.8) is 0 Å². The third-order valence-electron chi connectivity index (χ3n) is 3.64. The Kier molecular flexibility index (Phi) is 5.55. The molecule has 0 bridgehead atoms. The average Bonchev–Trinajstić information content (AvgIpc) is 2.80. The van der Waals surface area contributed by atoms with E-state index in [1.807, 2.05) is 11.3 Å². The molecule has 2 rings (SSSR count). The van der Waals surface area contributed by atoms with Crippen molar-refractivity contribution in [3.8, 4) is 0 Å². The number of hydrogen-bond donors (Lipinski definition) is 1. The van der Waals surface area contributed by atoms with Gasteiger partial charge in [-0.3, -0.25) is 4.90 Å². The molecule has 2 nitrogen and oxygen atoms in total. The largest absolute Gasteiger partial charge is 0.312 e. The number of thiophene rings is 1. The zero-order valence-electron chi connectivity index (χ0n) is 11.6. The Labute approximate surface area is 119 Å². The first-order valence-electron chi connectivity index (χ1n) is 6.84. The molecule has 0 amide bonds. The van der Waals surface area contributed by atoms with Crippen LogP contribution in [0.3, 0.4) is 0 Å². The van der Waals surface area contributed by atoms with Crippen molar-refractivity contribution < 1.29 is 0 Å². The van der Waals surface area contributed by atoms with E-state index in [0.29, 0.717) is 6.04 Å². The van der Waals surface area contributed by atoms with Crippen molar-refractivity contribution in [2.75, 3.05) is 18.8 Å². The second-order valence-electron chi connectivity index (χ2n) is 4.94. The maximum absolute atomic E-state index is 3.39. The van der Waals surface area contributed by atoms with Gasteiger partial charge in [-0.2, -0.15) is 11.8 Å². The molecule has 1 aromatic heterocycles. The number of hydrogen-bond acceptors (Lipinski definition) is 4. The van der Waals surface area contributed by atoms with Gasteiger partial charge in [0.1, 0.15) is 0 Å². The van der Waals surface area contributed by atoms with Gasteiger partial charge in [0.2, 0.25) is 0 Å². The number of rotatable bonds is 5. The Hall–Kier alpha value is -0.0300. The first-order valence-corrected chi connectivity index (χ1v) is 8.71. The van der Waals surface area contributed by atoms with Gasteiger partial charge >= 0.3 is 0 Å². The van der Waals surface area contributed by atoms with Crippen LogP contribution >= 0.6 is 23.1 Å². The Morgan fingerprint density at radius 1 is 1.33 bits per heavy atom. The van der Waals surface area contributed by atoms with Crippen LogP contribution in [0, 0.1) is 0 Å². The highest BCUT2D eigenvalue weighted by Crippen LogP contribution is 2.27. The van der Waals surface area contributed by atoms with Crippen LogP contribution in [0.15, 0.2) is 12.1 Å². The van der Waals surface area contributed by atoms with Crippen LogP contribution < -0.4 is 5.32 Å². The molecule has 102 valence electrons. The van der Waals surface area contributed by atoms with Gasteiger partial charge in [-0.1, -0.05) is 13.8 Å². The molecule has 1 aliphatic rings. The monoisotopic (exact) mass is 284 g/mol. The first-order chi connectivity index (χ1) is 8.70. The second kappa shape index (κ2) is 6.94. The van der Waals surface area contributed by atoms with Crippen LogP contribution in [0.25, 0.3) is 0 Å². The van der Waals surface area contributed by atoms with E-state index in [1.165, 1.54) is 22.1 Å². The topological polar surface area (TPSA) is 15.3 Å². The maximum Gasteiger partial charge on any atom is 0.0331 e. The van der Waals surface area contributed by atoms with E-state index in [4.69, 9.17) is 0 Å². The van der Waals surface area contributed by atoms with Crippen LogP contribution in [-0.2, 0) is 13.1 Å². The van der Waals surface area contributed by atoms with E-state index in [9.17, 15) is 0 Å². The number of nitrogens with zero attached hydrogens (tertiary/aromatic N) is 1. The summed E-state index contributed by atoms with van der Waals surface area (Å²) in [5.74, 6) is 1.28. The SMILES string of the molecule is CCNCc1ccc(CN2CCSC(C)C2C)s1. The summed E-state index contributed by atoms with van der Waals surface area (Å²) in [7, 11) is 0. The van der Waals surface area contributed by atoms with Gasteiger partial charge in [0.05, 0.1) is 0 Å². The van der Waals surface area contributed by atoms with Gasteiger partial charge < -0.3 is 5.32 Å². The van der Waals surface area contributed by atoms with E-state index < -0.39 is 0 Å². The Balaban J connectivity index is 1.90. The molecule has 0 aliphatic carbocycles. The van der Waals surface area contributed by atoms with Gasteiger partial charge in [-0.05, 0) is 25.6 Å². The smallest absolute Gasteiger partial charge is 0.0331 e. The van der Waals surface area contributed by atoms with Gasteiger partial charge in [0.15, 0.2) is 0 Å². The minimum atomic E-state index is 0.697. The fraction of sp³-hybridized carbons (Fsp3) is 0.714. The minimum absolute atomic E-state index is 0.697. The lowest BCUT2D eigenvalue weighted by Crippen LogP contribution is -2.43. The van der Waals surface area contributed by atoms with Gasteiger partial charge in [0.25, 0.3) is 0 Å². The Morgan fingerprint density at radius 3 is 2.89 bits per heavy atom. The van der Waals surface area contributed by atoms with Crippen LogP contribution in [0.2, 0.25) is 0 Å². The van der Waals surface area contributed by atoms with E-state index in [-0.39, 0.29) is 0 Å². The van der Waals surface area contributed by atoms with E-state index in [2.05, 4.69) is 54.9 Å². The van der Waals surface area contributed by atoms with E-state index in [0.717, 1.165) is 24.9 Å². The summed E-state index contributed by atoms with van der Waals surface area (Å²) in [5, 5.41) is 4.15. The molecule has 1 saturated heterocycles. The third kappa shape index (κ3) is 3.73. The van der Waals surface area contributed by atoms with E-state index >= 15 is 0 Å². The molecule has 1 fully saturated rings. The van der Waals surface area contributed by atoms with Crippen LogP contribution in [0.5, 0.6) is 0 Å². The summed E-state index contributed by atoms with van der Waals surface area (Å²) in [6.45, 7) is 11.3. The molecule has 4 heteroatoms. The highest BCUT2D eigenvalue weighted by molar-refractivity contribution is 8.00. The Bertz CT molecular complexity index is 364. The lowest BCUT2D eigenvalue weighted by atomic mass is 10.2. The quantitative estimate of drug-likeness (QED) is 0.894. The normalized spacial score (nSPS) is 25.5. The van der Waals surface area contributed by atoms with Gasteiger partial charge in [0, 0.05) is 46.4 Å². The molecule has 2 unspecified atom stereocenters. The number of nitrogens with one attached hydrogen (secondary N) is 1. The van der Waals surface area contributed by atoms with Crippen molar-refractivity contribution in [1.82, 2.24) is 10.2 Å². The predicted molar refractivity (Wildman–Crippen MR) is 83.5 cm³/mol. The fourth-order valence-corrected chi connectivity index (χ4v) is 4.45. The summed E-state index contributed by atoms with van der Waals surface area (Å²) in [6, 6.07) is 5.27. The van der Waals surface area contributed by atoms with Crippen molar-refractivity contribution in [3.05, 3.63) is 21.9 Å². The summed E-state index contributed by atoms with van der Waals surface area (Å²) < 4.78 is 0.